The van der Waals surface area contributed by atoms with Crippen LogP contribution in [0.2, 0.25) is 5.02 Å². The minimum atomic E-state index is 0.137. The second-order valence-corrected chi connectivity index (χ2v) is 5.39. The third kappa shape index (κ3) is 2.13. The van der Waals surface area contributed by atoms with E-state index in [4.69, 9.17) is 11.6 Å². The normalized spacial score (nSPS) is 11.8. The Morgan fingerprint density at radius 2 is 1.83 bits per heavy atom. The lowest BCUT2D eigenvalue weighted by Crippen LogP contribution is -2.12. The van der Waals surface area contributed by atoms with Gasteiger partial charge in [0, 0.05) is 3.57 Å². The van der Waals surface area contributed by atoms with Crippen LogP contribution in [0.3, 0.4) is 0 Å². The van der Waals surface area contributed by atoms with Crippen LogP contribution in [0.25, 0.3) is 0 Å². The van der Waals surface area contributed by atoms with Gasteiger partial charge in [0.1, 0.15) is 0 Å². The van der Waals surface area contributed by atoms with Crippen LogP contribution in [0.5, 0.6) is 0 Å². The summed E-state index contributed by atoms with van der Waals surface area (Å²) in [5.41, 5.74) is 1.36. The second kappa shape index (κ2) is 3.54. The zero-order valence-electron chi connectivity index (χ0n) is 7.49. The van der Waals surface area contributed by atoms with Gasteiger partial charge < -0.3 is 0 Å². The molecule has 0 saturated carbocycles. The number of halogens is 2. The van der Waals surface area contributed by atoms with E-state index in [-0.39, 0.29) is 5.41 Å². The smallest absolute Gasteiger partial charge is 0.0576 e. The van der Waals surface area contributed by atoms with Gasteiger partial charge in [0.15, 0.2) is 0 Å². The van der Waals surface area contributed by atoms with Gasteiger partial charge in [0.25, 0.3) is 0 Å². The van der Waals surface area contributed by atoms with Crippen LogP contribution >= 0.6 is 34.2 Å². The molecule has 0 atom stereocenters. The van der Waals surface area contributed by atoms with E-state index in [0.717, 1.165) is 8.59 Å². The van der Waals surface area contributed by atoms with E-state index < -0.39 is 0 Å². The molecule has 0 aliphatic carbocycles. The molecule has 12 heavy (non-hydrogen) atoms. The van der Waals surface area contributed by atoms with Gasteiger partial charge >= 0.3 is 0 Å². The van der Waals surface area contributed by atoms with Crippen molar-refractivity contribution in [3.63, 3.8) is 0 Å². The maximum absolute atomic E-state index is 6.17. The van der Waals surface area contributed by atoms with Crippen molar-refractivity contribution < 1.29 is 0 Å². The zero-order valence-corrected chi connectivity index (χ0v) is 10.4. The lowest BCUT2D eigenvalue weighted by atomic mass is 9.87. The molecule has 0 aromatic heterocycles. The van der Waals surface area contributed by atoms with E-state index in [9.17, 15) is 0 Å². The summed E-state index contributed by atoms with van der Waals surface area (Å²) in [5.74, 6) is 0. The molecule has 0 radical (unpaired) electrons. The van der Waals surface area contributed by atoms with Crippen molar-refractivity contribution in [2.75, 3.05) is 0 Å². The fraction of sp³-hybridized carbons (Fsp3) is 0.400. The molecule has 0 amide bonds. The summed E-state index contributed by atoms with van der Waals surface area (Å²) >= 11 is 8.43. The summed E-state index contributed by atoms with van der Waals surface area (Å²) in [6, 6.07) is 6.16. The average Bonchev–Trinajstić information content (AvgIpc) is 1.92. The molecule has 0 N–H and O–H groups in total. The van der Waals surface area contributed by atoms with Crippen molar-refractivity contribution in [3.05, 3.63) is 32.4 Å². The quantitative estimate of drug-likeness (QED) is 0.628. The molecule has 0 saturated heterocycles. The predicted molar refractivity (Wildman–Crippen MR) is 62.9 cm³/mol. The summed E-state index contributed by atoms with van der Waals surface area (Å²) in [7, 11) is 0. The molecule has 1 aromatic carbocycles. The van der Waals surface area contributed by atoms with Gasteiger partial charge in [-0.1, -0.05) is 44.5 Å². The highest BCUT2D eigenvalue weighted by atomic mass is 127. The third-order valence-corrected chi connectivity index (χ3v) is 3.38. The Morgan fingerprint density at radius 1 is 1.25 bits per heavy atom. The van der Waals surface area contributed by atoms with Gasteiger partial charge in [-0.15, -0.1) is 0 Å². The fourth-order valence-electron chi connectivity index (χ4n) is 1.08. The minimum Gasteiger partial charge on any atom is -0.0829 e. The summed E-state index contributed by atoms with van der Waals surface area (Å²) in [6.07, 6.45) is 0. The van der Waals surface area contributed by atoms with Crippen LogP contribution in [-0.2, 0) is 5.41 Å². The van der Waals surface area contributed by atoms with Gasteiger partial charge in [-0.2, -0.15) is 0 Å². The third-order valence-electron chi connectivity index (χ3n) is 1.76. The molecule has 0 fully saturated rings. The fourth-order valence-corrected chi connectivity index (χ4v) is 1.99. The topological polar surface area (TPSA) is 0 Å². The first-order chi connectivity index (χ1) is 5.43. The molecule has 0 aliphatic rings. The number of hydrogen-bond donors (Lipinski definition) is 0. The minimum absolute atomic E-state index is 0.137. The Kier molecular flexibility index (Phi) is 3.05. The lowest BCUT2D eigenvalue weighted by molar-refractivity contribution is 0.590. The number of rotatable bonds is 0. The number of hydrogen-bond acceptors (Lipinski definition) is 0. The summed E-state index contributed by atoms with van der Waals surface area (Å²) < 4.78 is 1.13. The highest BCUT2D eigenvalue weighted by Gasteiger charge is 2.17. The van der Waals surface area contributed by atoms with Crippen molar-refractivity contribution in [2.45, 2.75) is 26.2 Å². The van der Waals surface area contributed by atoms with Crippen LogP contribution in [-0.4, -0.2) is 0 Å². The van der Waals surface area contributed by atoms with Gasteiger partial charge in [-0.05, 0) is 39.6 Å². The molecule has 1 aromatic rings. The van der Waals surface area contributed by atoms with Gasteiger partial charge in [-0.25, -0.2) is 0 Å². The van der Waals surface area contributed by atoms with Crippen molar-refractivity contribution in [1.82, 2.24) is 0 Å². The first kappa shape index (κ1) is 10.3. The largest absolute Gasteiger partial charge is 0.0829 e. The Labute approximate surface area is 92.5 Å². The second-order valence-electron chi connectivity index (χ2n) is 3.85. The van der Waals surface area contributed by atoms with Crippen molar-refractivity contribution in [3.8, 4) is 0 Å². The van der Waals surface area contributed by atoms with Gasteiger partial charge in [-0.3, -0.25) is 0 Å². The zero-order chi connectivity index (χ0) is 9.35. The molecule has 0 nitrogen and oxygen atoms in total. The molecule has 0 heterocycles. The molecule has 0 aliphatic heterocycles. The average molecular weight is 295 g/mol. The van der Waals surface area contributed by atoms with E-state index >= 15 is 0 Å². The summed E-state index contributed by atoms with van der Waals surface area (Å²) in [5, 5.41) is 0.894. The van der Waals surface area contributed by atoms with E-state index in [1.54, 1.807) is 0 Å². The Bertz CT molecular complexity index is 286. The molecule has 0 bridgehead atoms. The number of benzene rings is 1. The van der Waals surface area contributed by atoms with Crippen LogP contribution in [0.1, 0.15) is 26.3 Å². The van der Waals surface area contributed by atoms with E-state index in [1.165, 1.54) is 5.56 Å². The molecular formula is C10H12ClI. The lowest BCUT2D eigenvalue weighted by Gasteiger charge is -2.20. The highest BCUT2D eigenvalue weighted by molar-refractivity contribution is 14.1. The van der Waals surface area contributed by atoms with Crippen LogP contribution in [0.4, 0.5) is 0 Å². The van der Waals surface area contributed by atoms with Crippen molar-refractivity contribution >= 4 is 34.2 Å². The SMILES string of the molecule is CC(C)(C)c1cccc(I)c1Cl. The van der Waals surface area contributed by atoms with E-state index in [1.807, 2.05) is 12.1 Å². The molecule has 0 spiro atoms. The van der Waals surface area contributed by atoms with Crippen LogP contribution in [0.15, 0.2) is 18.2 Å². The van der Waals surface area contributed by atoms with Crippen LogP contribution < -0.4 is 0 Å². The molecular weight excluding hydrogens is 282 g/mol. The summed E-state index contributed by atoms with van der Waals surface area (Å²) in [6.45, 7) is 6.51. The molecule has 66 valence electrons. The van der Waals surface area contributed by atoms with Crippen molar-refractivity contribution in [1.29, 1.82) is 0 Å². The maximum atomic E-state index is 6.17. The highest BCUT2D eigenvalue weighted by Crippen LogP contribution is 2.32. The van der Waals surface area contributed by atoms with Gasteiger partial charge in [0.05, 0.1) is 5.02 Å². The molecule has 0 unspecified atom stereocenters. The monoisotopic (exact) mass is 294 g/mol. The first-order valence-corrected chi connectivity index (χ1v) is 5.33. The van der Waals surface area contributed by atoms with Gasteiger partial charge in [0.2, 0.25) is 0 Å². The standard InChI is InChI=1S/C10H12ClI/c1-10(2,3)7-5-4-6-8(12)9(7)11/h4-6H,1-3H3. The Morgan fingerprint density at radius 3 is 2.25 bits per heavy atom. The predicted octanol–water partition coefficient (Wildman–Crippen LogP) is 4.24. The van der Waals surface area contributed by atoms with Crippen LogP contribution in [0, 0.1) is 3.57 Å². The van der Waals surface area contributed by atoms with E-state index in [2.05, 4.69) is 49.4 Å². The first-order valence-electron chi connectivity index (χ1n) is 3.87. The Balaban J connectivity index is 3.26. The maximum Gasteiger partial charge on any atom is 0.0576 e. The van der Waals surface area contributed by atoms with E-state index in [0.29, 0.717) is 0 Å². The molecule has 1 rings (SSSR count). The Hall–Kier alpha value is 0.240. The summed E-state index contributed by atoms with van der Waals surface area (Å²) in [4.78, 5) is 0. The molecule has 2 heteroatoms. The van der Waals surface area contributed by atoms with Crippen molar-refractivity contribution in [2.24, 2.45) is 0 Å².